The van der Waals surface area contributed by atoms with Crippen LogP contribution in [0, 0.1) is 0 Å². The number of rotatable bonds is 7. The van der Waals surface area contributed by atoms with Gasteiger partial charge in [0.2, 0.25) is 0 Å². The lowest BCUT2D eigenvalue weighted by Crippen LogP contribution is -2.36. The predicted molar refractivity (Wildman–Crippen MR) is 129 cm³/mol. The van der Waals surface area contributed by atoms with Crippen molar-refractivity contribution < 1.29 is 28.6 Å². The first-order chi connectivity index (χ1) is 16.4. The van der Waals surface area contributed by atoms with Crippen molar-refractivity contribution in [3.05, 3.63) is 75.9 Å². The van der Waals surface area contributed by atoms with Crippen LogP contribution in [0.4, 0.5) is 4.79 Å². The zero-order valence-electron chi connectivity index (χ0n) is 18.5. The first kappa shape index (κ1) is 23.3. The Bertz CT molecular complexity index is 1310. The second-order valence-electron chi connectivity index (χ2n) is 7.42. The average Bonchev–Trinajstić information content (AvgIpc) is 3.10. The number of methoxy groups -OCH3 is 2. The Morgan fingerprint density at radius 1 is 1.09 bits per heavy atom. The number of nitrogens with one attached hydrogen (secondary N) is 1. The predicted octanol–water partition coefficient (Wildman–Crippen LogP) is 4.26. The number of carbonyl (C=O) groups is 3. The molecule has 4 rings (SSSR count). The highest BCUT2D eigenvalue weighted by Crippen LogP contribution is 2.38. The molecule has 0 spiro atoms. The van der Waals surface area contributed by atoms with E-state index >= 15 is 0 Å². The molecule has 0 radical (unpaired) electrons. The Kier molecular flexibility index (Phi) is 6.83. The number of carbonyl (C=O) groups excluding carboxylic acids is 3. The molecule has 0 saturated carbocycles. The number of halogens is 1. The number of esters is 1. The summed E-state index contributed by atoms with van der Waals surface area (Å²) in [7, 11) is 2.70. The number of hydrogen-bond donors (Lipinski definition) is 1. The summed E-state index contributed by atoms with van der Waals surface area (Å²) in [6.07, 6.45) is 1.50. The maximum absolute atomic E-state index is 12.5. The molecule has 0 bridgehead atoms. The largest absolute Gasteiger partial charge is 0.493 e. The lowest BCUT2D eigenvalue weighted by atomic mass is 10.1. The molecule has 1 heterocycles. The molecule has 3 aromatic rings. The molecule has 8 nitrogen and oxygen atoms in total. The van der Waals surface area contributed by atoms with E-state index in [0.29, 0.717) is 28.1 Å². The van der Waals surface area contributed by atoms with Crippen LogP contribution in [-0.2, 0) is 20.9 Å². The maximum Gasteiger partial charge on any atom is 0.329 e. The number of nitrogens with zero attached hydrogens (tertiary/aromatic N) is 1. The molecule has 1 N–H and O–H groups in total. The summed E-state index contributed by atoms with van der Waals surface area (Å²) in [5, 5.41) is 4.70. The van der Waals surface area contributed by atoms with Crippen LogP contribution in [0.1, 0.15) is 11.1 Å². The van der Waals surface area contributed by atoms with Gasteiger partial charge in [-0.1, -0.05) is 42.5 Å². The zero-order chi connectivity index (χ0) is 24.2. The van der Waals surface area contributed by atoms with Crippen molar-refractivity contribution in [2.45, 2.75) is 6.61 Å². The van der Waals surface area contributed by atoms with Gasteiger partial charge >= 0.3 is 12.0 Å². The van der Waals surface area contributed by atoms with E-state index in [1.165, 1.54) is 20.3 Å². The van der Waals surface area contributed by atoms with Gasteiger partial charge in [0.25, 0.3) is 5.91 Å². The van der Waals surface area contributed by atoms with Crippen LogP contribution >= 0.6 is 15.9 Å². The third kappa shape index (κ3) is 4.74. The smallest absolute Gasteiger partial charge is 0.329 e. The first-order valence-corrected chi connectivity index (χ1v) is 11.1. The van der Waals surface area contributed by atoms with Gasteiger partial charge in [0, 0.05) is 0 Å². The second-order valence-corrected chi connectivity index (χ2v) is 8.27. The second kappa shape index (κ2) is 9.96. The maximum atomic E-state index is 12.5. The Morgan fingerprint density at radius 3 is 2.62 bits per heavy atom. The Hall–Kier alpha value is -3.85. The summed E-state index contributed by atoms with van der Waals surface area (Å²) >= 11 is 3.51. The number of fused-ring (bicyclic) bond motifs is 1. The van der Waals surface area contributed by atoms with Gasteiger partial charge in [-0.2, -0.15) is 0 Å². The molecule has 1 aliphatic heterocycles. The number of hydrogen-bond acceptors (Lipinski definition) is 6. The van der Waals surface area contributed by atoms with Gasteiger partial charge in [-0.15, -0.1) is 0 Å². The molecule has 0 aromatic heterocycles. The third-order valence-corrected chi connectivity index (χ3v) is 5.88. The van der Waals surface area contributed by atoms with E-state index in [4.69, 9.17) is 9.47 Å². The van der Waals surface area contributed by atoms with Crippen molar-refractivity contribution in [1.29, 1.82) is 0 Å². The normalized spacial score (nSPS) is 14.4. The Labute approximate surface area is 204 Å². The summed E-state index contributed by atoms with van der Waals surface area (Å²) < 4.78 is 16.8. The molecule has 0 atom stereocenters. The molecule has 1 saturated heterocycles. The molecule has 9 heteroatoms. The van der Waals surface area contributed by atoms with Gasteiger partial charge in [-0.25, -0.2) is 9.69 Å². The number of ether oxygens (including phenoxy) is 3. The molecule has 3 aromatic carbocycles. The van der Waals surface area contributed by atoms with Crippen molar-refractivity contribution in [1.82, 2.24) is 10.2 Å². The summed E-state index contributed by atoms with van der Waals surface area (Å²) in [6, 6.07) is 16.9. The van der Waals surface area contributed by atoms with Crippen molar-refractivity contribution >= 4 is 50.7 Å². The number of urea groups is 1. The average molecular weight is 525 g/mol. The SMILES string of the molecule is COC(=O)CN1C(=O)N/C(=C\c2cc(Br)c(OCc3cccc4ccccc34)c(OC)c2)C1=O. The van der Waals surface area contributed by atoms with Crippen molar-refractivity contribution in [2.75, 3.05) is 20.8 Å². The van der Waals surface area contributed by atoms with E-state index in [1.54, 1.807) is 12.1 Å². The van der Waals surface area contributed by atoms with Crippen LogP contribution in [0.2, 0.25) is 0 Å². The van der Waals surface area contributed by atoms with E-state index in [1.807, 2.05) is 42.5 Å². The van der Waals surface area contributed by atoms with Crippen LogP contribution in [0.5, 0.6) is 11.5 Å². The Balaban J connectivity index is 1.57. The van der Waals surface area contributed by atoms with Crippen LogP contribution < -0.4 is 14.8 Å². The lowest BCUT2D eigenvalue weighted by molar-refractivity contribution is -0.143. The highest BCUT2D eigenvalue weighted by molar-refractivity contribution is 9.10. The summed E-state index contributed by atoms with van der Waals surface area (Å²) in [5.41, 5.74) is 1.65. The molecule has 34 heavy (non-hydrogen) atoms. The van der Waals surface area contributed by atoms with Crippen molar-refractivity contribution in [3.8, 4) is 11.5 Å². The summed E-state index contributed by atoms with van der Waals surface area (Å²) in [5.74, 6) is -0.361. The minimum atomic E-state index is -0.693. The molecule has 3 amide bonds. The molecular weight excluding hydrogens is 504 g/mol. The van der Waals surface area contributed by atoms with E-state index in [-0.39, 0.29) is 5.70 Å². The zero-order valence-corrected chi connectivity index (χ0v) is 20.0. The van der Waals surface area contributed by atoms with Crippen LogP contribution in [0.15, 0.2) is 64.8 Å². The van der Waals surface area contributed by atoms with Gasteiger partial charge in [0.05, 0.1) is 18.7 Å². The molecule has 0 aliphatic carbocycles. The minimum Gasteiger partial charge on any atom is -0.493 e. The van der Waals surface area contributed by atoms with Crippen LogP contribution in [0.25, 0.3) is 16.8 Å². The fourth-order valence-electron chi connectivity index (χ4n) is 3.61. The monoisotopic (exact) mass is 524 g/mol. The fourth-order valence-corrected chi connectivity index (χ4v) is 4.18. The number of benzene rings is 3. The van der Waals surface area contributed by atoms with E-state index in [0.717, 1.165) is 21.2 Å². The van der Waals surface area contributed by atoms with Gasteiger partial charge in [-0.3, -0.25) is 9.59 Å². The molecule has 1 aliphatic rings. The van der Waals surface area contributed by atoms with Gasteiger partial charge in [0.1, 0.15) is 18.8 Å². The molecule has 174 valence electrons. The van der Waals surface area contributed by atoms with Crippen molar-refractivity contribution in [2.24, 2.45) is 0 Å². The summed E-state index contributed by atoms with van der Waals surface area (Å²) in [6.45, 7) is -0.139. The van der Waals surface area contributed by atoms with E-state index < -0.39 is 24.5 Å². The summed E-state index contributed by atoms with van der Waals surface area (Å²) in [4.78, 5) is 36.9. The van der Waals surface area contributed by atoms with Crippen LogP contribution in [0.3, 0.4) is 0 Å². The Morgan fingerprint density at radius 2 is 1.85 bits per heavy atom. The van der Waals surface area contributed by atoms with Crippen molar-refractivity contribution in [3.63, 3.8) is 0 Å². The quantitative estimate of drug-likeness (QED) is 0.282. The minimum absolute atomic E-state index is 0.0345. The topological polar surface area (TPSA) is 94.2 Å². The fraction of sp³-hybridized carbons (Fsp3) is 0.160. The number of imide groups is 1. The van der Waals surface area contributed by atoms with Gasteiger partial charge < -0.3 is 19.5 Å². The highest BCUT2D eigenvalue weighted by Gasteiger charge is 2.35. The van der Waals surface area contributed by atoms with E-state index in [9.17, 15) is 14.4 Å². The molecular formula is C25H21BrN2O6. The number of amides is 3. The van der Waals surface area contributed by atoms with E-state index in [2.05, 4.69) is 26.0 Å². The highest BCUT2D eigenvalue weighted by atomic mass is 79.9. The first-order valence-electron chi connectivity index (χ1n) is 10.3. The van der Waals surface area contributed by atoms with Gasteiger partial charge in [-0.05, 0) is 56.0 Å². The van der Waals surface area contributed by atoms with Crippen LogP contribution in [-0.4, -0.2) is 43.6 Å². The standard InChI is InChI=1S/C25H21BrN2O6/c1-32-21-12-15(11-20-24(30)28(25(31)27-20)13-22(29)33-2)10-19(26)23(21)34-14-17-8-5-7-16-6-3-4-9-18(16)17/h3-12H,13-14H2,1-2H3,(H,27,31)/b20-11-. The lowest BCUT2D eigenvalue weighted by Gasteiger charge is -2.15. The third-order valence-electron chi connectivity index (χ3n) is 5.29. The molecule has 1 fully saturated rings. The molecule has 0 unspecified atom stereocenters. The van der Waals surface area contributed by atoms with Gasteiger partial charge in [0.15, 0.2) is 11.5 Å².